The molecule has 0 aliphatic rings. The zero-order valence-electron chi connectivity index (χ0n) is 12.7. The molecule has 2 aromatic rings. The summed E-state index contributed by atoms with van der Waals surface area (Å²) in [4.78, 5) is 18.6. The topological polar surface area (TPSA) is 45.2 Å². The first kappa shape index (κ1) is 15.0. The summed E-state index contributed by atoms with van der Waals surface area (Å²) in [5.41, 5.74) is 1.76. The highest BCUT2D eigenvalue weighted by Gasteiger charge is 2.18. The molecule has 21 heavy (non-hydrogen) atoms. The molecule has 2 rings (SSSR count). The quantitative estimate of drug-likeness (QED) is 0.916. The summed E-state index contributed by atoms with van der Waals surface area (Å²) in [6.45, 7) is 2.02. The molecule has 1 aromatic carbocycles. The van der Waals surface area contributed by atoms with Crippen LogP contribution in [0.1, 0.15) is 24.8 Å². The number of nitrogens with zero attached hydrogens (tertiary/aromatic N) is 2. The van der Waals surface area contributed by atoms with Gasteiger partial charge in [0, 0.05) is 14.1 Å². The molecule has 0 fully saturated rings. The van der Waals surface area contributed by atoms with Gasteiger partial charge in [0.1, 0.15) is 5.82 Å². The maximum atomic E-state index is 12.4. The zero-order valence-corrected chi connectivity index (χ0v) is 12.7. The number of carbonyl (C=O) groups is 1. The number of amides is 1. The zero-order chi connectivity index (χ0) is 15.2. The van der Waals surface area contributed by atoms with Gasteiger partial charge in [-0.1, -0.05) is 37.3 Å². The van der Waals surface area contributed by atoms with E-state index >= 15 is 0 Å². The van der Waals surface area contributed by atoms with E-state index in [1.54, 1.807) is 6.20 Å². The molecule has 1 amide bonds. The lowest BCUT2D eigenvalue weighted by Gasteiger charge is -2.16. The standard InChI is InChI=1S/C17H21N3O/c1-4-15(13-8-6-5-7-9-13)17(21)19-14-10-11-16(18-12-14)20(2)3/h5-12,15H,4H2,1-3H3,(H,19,21). The van der Waals surface area contributed by atoms with Crippen LogP contribution in [-0.2, 0) is 4.79 Å². The monoisotopic (exact) mass is 283 g/mol. The second kappa shape index (κ2) is 6.88. The minimum absolute atomic E-state index is 0.00287. The third kappa shape index (κ3) is 3.81. The minimum Gasteiger partial charge on any atom is -0.363 e. The molecule has 0 aliphatic heterocycles. The van der Waals surface area contributed by atoms with Crippen molar-refractivity contribution in [1.29, 1.82) is 0 Å². The van der Waals surface area contributed by atoms with Gasteiger partial charge in [0.2, 0.25) is 5.91 Å². The fraction of sp³-hybridized carbons (Fsp3) is 0.294. The van der Waals surface area contributed by atoms with Crippen molar-refractivity contribution in [2.75, 3.05) is 24.3 Å². The van der Waals surface area contributed by atoms with Crippen LogP contribution in [0.15, 0.2) is 48.7 Å². The lowest BCUT2D eigenvalue weighted by molar-refractivity contribution is -0.117. The number of carbonyl (C=O) groups excluding carboxylic acids is 1. The Labute approximate surface area is 125 Å². The molecule has 110 valence electrons. The Kier molecular flexibility index (Phi) is 4.93. The second-order valence-corrected chi connectivity index (χ2v) is 5.16. The smallest absolute Gasteiger partial charge is 0.231 e. The molecule has 0 bridgehead atoms. The normalized spacial score (nSPS) is 11.8. The van der Waals surface area contributed by atoms with Crippen LogP contribution in [0.3, 0.4) is 0 Å². The van der Waals surface area contributed by atoms with Crippen molar-refractivity contribution in [3.8, 4) is 0 Å². The highest BCUT2D eigenvalue weighted by molar-refractivity contribution is 5.95. The van der Waals surface area contributed by atoms with E-state index in [-0.39, 0.29) is 11.8 Å². The first-order chi connectivity index (χ1) is 10.1. The van der Waals surface area contributed by atoms with E-state index in [4.69, 9.17) is 0 Å². The van der Waals surface area contributed by atoms with E-state index in [9.17, 15) is 4.79 Å². The molecule has 0 saturated carbocycles. The number of aromatic nitrogens is 1. The van der Waals surface area contributed by atoms with Gasteiger partial charge >= 0.3 is 0 Å². The average molecular weight is 283 g/mol. The van der Waals surface area contributed by atoms with Crippen molar-refractivity contribution >= 4 is 17.4 Å². The summed E-state index contributed by atoms with van der Waals surface area (Å²) in [6.07, 6.45) is 2.45. The molecule has 0 saturated heterocycles. The van der Waals surface area contributed by atoms with Gasteiger partial charge in [0.15, 0.2) is 0 Å². The first-order valence-electron chi connectivity index (χ1n) is 7.11. The number of benzene rings is 1. The Morgan fingerprint density at radius 1 is 1.19 bits per heavy atom. The molecule has 4 heteroatoms. The third-order valence-corrected chi connectivity index (χ3v) is 3.40. The van der Waals surface area contributed by atoms with Gasteiger partial charge in [-0.15, -0.1) is 0 Å². The van der Waals surface area contributed by atoms with Crippen LogP contribution in [0.2, 0.25) is 0 Å². The van der Waals surface area contributed by atoms with Crippen molar-refractivity contribution in [2.45, 2.75) is 19.3 Å². The second-order valence-electron chi connectivity index (χ2n) is 5.16. The Hall–Kier alpha value is -2.36. The summed E-state index contributed by atoms with van der Waals surface area (Å²) in [6, 6.07) is 13.6. The third-order valence-electron chi connectivity index (χ3n) is 3.40. The molecule has 1 aromatic heterocycles. The molecule has 1 heterocycles. The molecule has 1 N–H and O–H groups in total. The van der Waals surface area contributed by atoms with E-state index in [2.05, 4.69) is 10.3 Å². The Morgan fingerprint density at radius 3 is 2.43 bits per heavy atom. The fourth-order valence-electron chi connectivity index (χ4n) is 2.21. The average Bonchev–Trinajstić information content (AvgIpc) is 2.49. The molecule has 0 spiro atoms. The summed E-state index contributed by atoms with van der Waals surface area (Å²) in [5, 5.41) is 2.94. The lowest BCUT2D eigenvalue weighted by atomic mass is 9.95. The van der Waals surface area contributed by atoms with Crippen LogP contribution in [0.4, 0.5) is 11.5 Å². The van der Waals surface area contributed by atoms with Gasteiger partial charge in [0.05, 0.1) is 17.8 Å². The maximum Gasteiger partial charge on any atom is 0.231 e. The number of hydrogen-bond acceptors (Lipinski definition) is 3. The lowest BCUT2D eigenvalue weighted by Crippen LogP contribution is -2.21. The summed E-state index contributed by atoms with van der Waals surface area (Å²) in [5.74, 6) is 0.728. The molecule has 0 aliphatic carbocycles. The van der Waals surface area contributed by atoms with Crippen molar-refractivity contribution in [3.05, 3.63) is 54.2 Å². The SMILES string of the molecule is CCC(C(=O)Nc1ccc(N(C)C)nc1)c1ccccc1. The molecule has 4 nitrogen and oxygen atoms in total. The largest absolute Gasteiger partial charge is 0.363 e. The minimum atomic E-state index is -0.139. The van der Waals surface area contributed by atoms with Gasteiger partial charge in [-0.3, -0.25) is 4.79 Å². The summed E-state index contributed by atoms with van der Waals surface area (Å²) in [7, 11) is 3.87. The van der Waals surface area contributed by atoms with Crippen molar-refractivity contribution in [2.24, 2.45) is 0 Å². The molecular formula is C17H21N3O. The van der Waals surface area contributed by atoms with Gasteiger partial charge < -0.3 is 10.2 Å². The van der Waals surface area contributed by atoms with Crippen molar-refractivity contribution < 1.29 is 4.79 Å². The number of pyridine rings is 1. The predicted octanol–water partition coefficient (Wildman–Crippen LogP) is 3.28. The summed E-state index contributed by atoms with van der Waals surface area (Å²) >= 11 is 0. The maximum absolute atomic E-state index is 12.4. The predicted molar refractivity (Wildman–Crippen MR) is 86.7 cm³/mol. The van der Waals surface area contributed by atoms with Crippen LogP contribution < -0.4 is 10.2 Å². The van der Waals surface area contributed by atoms with Gasteiger partial charge in [-0.25, -0.2) is 4.98 Å². The van der Waals surface area contributed by atoms with E-state index in [1.165, 1.54) is 0 Å². The molecule has 1 unspecified atom stereocenters. The van der Waals surface area contributed by atoms with E-state index < -0.39 is 0 Å². The van der Waals surface area contributed by atoms with Crippen LogP contribution >= 0.6 is 0 Å². The van der Waals surface area contributed by atoms with Crippen molar-refractivity contribution in [3.63, 3.8) is 0 Å². The van der Waals surface area contributed by atoms with Crippen LogP contribution in [0.25, 0.3) is 0 Å². The van der Waals surface area contributed by atoms with Gasteiger partial charge in [-0.05, 0) is 24.1 Å². The molecular weight excluding hydrogens is 262 g/mol. The van der Waals surface area contributed by atoms with Gasteiger partial charge in [-0.2, -0.15) is 0 Å². The Balaban J connectivity index is 2.09. The number of hydrogen-bond donors (Lipinski definition) is 1. The van der Waals surface area contributed by atoms with E-state index in [0.717, 1.165) is 23.5 Å². The Bertz CT molecular complexity index is 579. The van der Waals surface area contributed by atoms with Crippen molar-refractivity contribution in [1.82, 2.24) is 4.98 Å². The van der Waals surface area contributed by atoms with Crippen LogP contribution in [0.5, 0.6) is 0 Å². The number of nitrogens with one attached hydrogen (secondary N) is 1. The number of rotatable bonds is 5. The Morgan fingerprint density at radius 2 is 1.90 bits per heavy atom. The highest BCUT2D eigenvalue weighted by atomic mass is 16.1. The number of anilines is 2. The highest BCUT2D eigenvalue weighted by Crippen LogP contribution is 2.21. The van der Waals surface area contributed by atoms with E-state index in [0.29, 0.717) is 0 Å². The fourth-order valence-corrected chi connectivity index (χ4v) is 2.21. The summed E-state index contributed by atoms with van der Waals surface area (Å²) < 4.78 is 0. The van der Waals surface area contributed by atoms with E-state index in [1.807, 2.05) is 68.4 Å². The molecule has 1 atom stereocenters. The van der Waals surface area contributed by atoms with Crippen LogP contribution in [0, 0.1) is 0 Å². The molecule has 0 radical (unpaired) electrons. The first-order valence-corrected chi connectivity index (χ1v) is 7.11. The van der Waals surface area contributed by atoms with Gasteiger partial charge in [0.25, 0.3) is 0 Å². The van der Waals surface area contributed by atoms with Crippen LogP contribution in [-0.4, -0.2) is 25.0 Å².